The van der Waals surface area contributed by atoms with Crippen LogP contribution in [0.15, 0.2) is 16.7 Å². The van der Waals surface area contributed by atoms with E-state index in [9.17, 15) is 0 Å². The Morgan fingerprint density at radius 2 is 2.50 bits per heavy atom. The van der Waals surface area contributed by atoms with Gasteiger partial charge in [0.15, 0.2) is 0 Å². The van der Waals surface area contributed by atoms with E-state index in [1.807, 2.05) is 6.07 Å². The molecular formula is C5H5IO2. The van der Waals surface area contributed by atoms with Gasteiger partial charge in [-0.15, -0.1) is 0 Å². The van der Waals surface area contributed by atoms with Crippen molar-refractivity contribution in [2.24, 2.45) is 0 Å². The molecule has 0 amide bonds. The summed E-state index contributed by atoms with van der Waals surface area (Å²) in [4.78, 5) is 0. The third kappa shape index (κ3) is 0.964. The summed E-state index contributed by atoms with van der Waals surface area (Å²) >= 11 is 2.14. The quantitative estimate of drug-likeness (QED) is 0.679. The normalized spacial score (nSPS) is 9.25. The van der Waals surface area contributed by atoms with Gasteiger partial charge in [0, 0.05) is 0 Å². The van der Waals surface area contributed by atoms with E-state index in [1.54, 1.807) is 13.4 Å². The van der Waals surface area contributed by atoms with E-state index in [0.29, 0.717) is 5.95 Å². The van der Waals surface area contributed by atoms with Gasteiger partial charge < -0.3 is 9.15 Å². The molecule has 0 saturated carbocycles. The van der Waals surface area contributed by atoms with E-state index in [-0.39, 0.29) is 0 Å². The molecule has 0 unspecified atom stereocenters. The second kappa shape index (κ2) is 2.39. The first kappa shape index (κ1) is 5.94. The molecule has 0 radical (unpaired) electrons. The summed E-state index contributed by atoms with van der Waals surface area (Å²) in [6.45, 7) is 0. The lowest BCUT2D eigenvalue weighted by Crippen LogP contribution is -1.79. The summed E-state index contributed by atoms with van der Waals surface area (Å²) in [5.74, 6) is 0.589. The average molecular weight is 224 g/mol. The van der Waals surface area contributed by atoms with Crippen molar-refractivity contribution in [2.75, 3.05) is 7.11 Å². The van der Waals surface area contributed by atoms with Gasteiger partial charge in [0.2, 0.25) is 0 Å². The topological polar surface area (TPSA) is 22.4 Å². The lowest BCUT2D eigenvalue weighted by molar-refractivity contribution is 0.302. The van der Waals surface area contributed by atoms with Crippen LogP contribution in [0.1, 0.15) is 0 Å². The number of furan rings is 1. The third-order valence-electron chi connectivity index (χ3n) is 0.770. The molecule has 0 N–H and O–H groups in total. The predicted molar refractivity (Wildman–Crippen MR) is 38.0 cm³/mol. The molecule has 0 atom stereocenters. The van der Waals surface area contributed by atoms with Crippen LogP contribution < -0.4 is 4.74 Å². The zero-order valence-electron chi connectivity index (χ0n) is 4.35. The molecule has 1 rings (SSSR count). The molecule has 1 aromatic rings. The summed E-state index contributed by atoms with van der Waals surface area (Å²) in [6.07, 6.45) is 1.60. The molecule has 0 fully saturated rings. The number of rotatable bonds is 1. The fraction of sp³-hybridized carbons (Fsp3) is 0.200. The maximum atomic E-state index is 4.88. The average Bonchev–Trinajstić information content (AvgIpc) is 2.14. The number of hydrogen-bond donors (Lipinski definition) is 0. The van der Waals surface area contributed by atoms with Gasteiger partial charge >= 0.3 is 0 Å². The molecule has 0 aliphatic carbocycles. The second-order valence-corrected chi connectivity index (χ2v) is 2.42. The summed E-state index contributed by atoms with van der Waals surface area (Å²) in [7, 11) is 1.58. The Bertz CT molecular complexity index is 171. The summed E-state index contributed by atoms with van der Waals surface area (Å²) in [5.41, 5.74) is 0. The number of methoxy groups -OCH3 is 1. The van der Waals surface area contributed by atoms with Crippen molar-refractivity contribution in [2.45, 2.75) is 0 Å². The van der Waals surface area contributed by atoms with Crippen molar-refractivity contribution in [3.63, 3.8) is 0 Å². The lowest BCUT2D eigenvalue weighted by Gasteiger charge is -1.89. The van der Waals surface area contributed by atoms with Crippen LogP contribution in [-0.2, 0) is 0 Å². The van der Waals surface area contributed by atoms with E-state index in [2.05, 4.69) is 22.6 Å². The molecule has 0 aromatic carbocycles. The van der Waals surface area contributed by atoms with Crippen LogP contribution in [0.2, 0.25) is 0 Å². The van der Waals surface area contributed by atoms with Crippen LogP contribution in [-0.4, -0.2) is 7.11 Å². The predicted octanol–water partition coefficient (Wildman–Crippen LogP) is 1.89. The minimum absolute atomic E-state index is 0.589. The van der Waals surface area contributed by atoms with Crippen LogP contribution in [0, 0.1) is 3.57 Å². The molecule has 1 aromatic heterocycles. The second-order valence-electron chi connectivity index (χ2n) is 1.26. The number of ether oxygens (including phenoxy) is 1. The fourth-order valence-electron chi connectivity index (χ4n) is 0.426. The van der Waals surface area contributed by atoms with Crippen molar-refractivity contribution >= 4 is 22.6 Å². The Hall–Kier alpha value is -0.190. The van der Waals surface area contributed by atoms with Gasteiger partial charge in [-0.25, -0.2) is 0 Å². The Morgan fingerprint density at radius 1 is 1.75 bits per heavy atom. The van der Waals surface area contributed by atoms with Crippen LogP contribution in [0.4, 0.5) is 0 Å². The highest BCUT2D eigenvalue weighted by Gasteiger charge is 1.98. The van der Waals surface area contributed by atoms with Gasteiger partial charge in [0.25, 0.3) is 5.95 Å². The molecular weight excluding hydrogens is 219 g/mol. The zero-order chi connectivity index (χ0) is 5.98. The van der Waals surface area contributed by atoms with E-state index < -0.39 is 0 Å². The van der Waals surface area contributed by atoms with Crippen molar-refractivity contribution in [1.82, 2.24) is 0 Å². The van der Waals surface area contributed by atoms with Gasteiger partial charge in [-0.2, -0.15) is 0 Å². The van der Waals surface area contributed by atoms with E-state index >= 15 is 0 Å². The van der Waals surface area contributed by atoms with E-state index in [1.165, 1.54) is 0 Å². The Balaban J connectivity index is 2.92. The van der Waals surface area contributed by atoms with Gasteiger partial charge in [0.1, 0.15) is 0 Å². The summed E-state index contributed by atoms with van der Waals surface area (Å²) in [5, 5.41) is 0. The highest BCUT2D eigenvalue weighted by Crippen LogP contribution is 2.19. The highest BCUT2D eigenvalue weighted by atomic mass is 127. The van der Waals surface area contributed by atoms with E-state index in [0.717, 1.165) is 3.57 Å². The molecule has 0 bridgehead atoms. The van der Waals surface area contributed by atoms with Gasteiger partial charge in [-0.1, -0.05) is 0 Å². The van der Waals surface area contributed by atoms with Crippen molar-refractivity contribution < 1.29 is 9.15 Å². The van der Waals surface area contributed by atoms with Crippen LogP contribution in [0.3, 0.4) is 0 Å². The largest absolute Gasteiger partial charge is 0.468 e. The van der Waals surface area contributed by atoms with Crippen LogP contribution in [0.25, 0.3) is 0 Å². The molecule has 3 heteroatoms. The zero-order valence-corrected chi connectivity index (χ0v) is 6.51. The molecule has 44 valence electrons. The minimum atomic E-state index is 0.589. The first-order valence-electron chi connectivity index (χ1n) is 2.11. The highest BCUT2D eigenvalue weighted by molar-refractivity contribution is 14.1. The van der Waals surface area contributed by atoms with Crippen molar-refractivity contribution in [3.8, 4) is 5.95 Å². The number of halogens is 1. The molecule has 8 heavy (non-hydrogen) atoms. The summed E-state index contributed by atoms with van der Waals surface area (Å²) in [6, 6.07) is 1.85. The Morgan fingerprint density at radius 3 is 2.75 bits per heavy atom. The molecule has 2 nitrogen and oxygen atoms in total. The maximum absolute atomic E-state index is 4.88. The Labute approximate surface area is 61.0 Å². The Kier molecular flexibility index (Phi) is 1.77. The van der Waals surface area contributed by atoms with Gasteiger partial charge in [0.05, 0.1) is 16.9 Å². The van der Waals surface area contributed by atoms with Gasteiger partial charge in [-0.3, -0.25) is 0 Å². The summed E-state index contributed by atoms with van der Waals surface area (Å²) < 4.78 is 10.7. The fourth-order valence-corrected chi connectivity index (χ4v) is 0.920. The first-order chi connectivity index (χ1) is 3.84. The monoisotopic (exact) mass is 224 g/mol. The van der Waals surface area contributed by atoms with Crippen molar-refractivity contribution in [1.29, 1.82) is 0 Å². The molecule has 0 spiro atoms. The molecule has 0 aliphatic rings. The van der Waals surface area contributed by atoms with Gasteiger partial charge in [-0.05, 0) is 28.7 Å². The van der Waals surface area contributed by atoms with E-state index in [4.69, 9.17) is 9.15 Å². The standard InChI is InChI=1S/C5H5IO2/c1-7-5-4(6)2-3-8-5/h2-3H,1H3. The molecule has 0 aliphatic heterocycles. The minimum Gasteiger partial charge on any atom is -0.468 e. The number of hydrogen-bond acceptors (Lipinski definition) is 2. The lowest BCUT2D eigenvalue weighted by atomic mass is 10.7. The molecule has 1 heterocycles. The smallest absolute Gasteiger partial charge is 0.297 e. The first-order valence-corrected chi connectivity index (χ1v) is 3.19. The van der Waals surface area contributed by atoms with Crippen LogP contribution >= 0.6 is 22.6 Å². The maximum Gasteiger partial charge on any atom is 0.297 e. The third-order valence-corrected chi connectivity index (χ3v) is 1.57. The SMILES string of the molecule is COc1occc1I. The van der Waals surface area contributed by atoms with Crippen LogP contribution in [0.5, 0.6) is 5.95 Å². The molecule has 0 saturated heterocycles. The van der Waals surface area contributed by atoms with Crippen molar-refractivity contribution in [3.05, 3.63) is 15.9 Å².